The van der Waals surface area contributed by atoms with Crippen LogP contribution < -0.4 is 0 Å². The highest BCUT2D eigenvalue weighted by Crippen LogP contribution is 2.40. The van der Waals surface area contributed by atoms with Crippen molar-refractivity contribution in [2.45, 2.75) is 57.6 Å². The van der Waals surface area contributed by atoms with Crippen LogP contribution in [0.15, 0.2) is 11.4 Å². The molecule has 0 aromatic carbocycles. The summed E-state index contributed by atoms with van der Waals surface area (Å²) in [6, 6.07) is 0. The average molecular weight is 351 g/mol. The second kappa shape index (κ2) is 7.18. The maximum absolute atomic E-state index is 11.9. The van der Waals surface area contributed by atoms with E-state index in [1.165, 1.54) is 34.0 Å². The molecule has 0 amide bonds. The first-order chi connectivity index (χ1) is 11.1. The molecule has 1 aliphatic rings. The molecule has 4 nitrogen and oxygen atoms in total. The van der Waals surface area contributed by atoms with Gasteiger partial charge >= 0.3 is 5.97 Å². The second-order valence-electron chi connectivity index (χ2n) is 6.21. The Labute approximate surface area is 145 Å². The summed E-state index contributed by atoms with van der Waals surface area (Å²) < 4.78 is 5.34. The minimum atomic E-state index is -0.172. The number of hydrogen-bond acceptors (Lipinski definition) is 6. The number of ether oxygens (including phenoxy) is 1. The van der Waals surface area contributed by atoms with Crippen LogP contribution in [0.2, 0.25) is 0 Å². The maximum Gasteiger partial charge on any atom is 0.316 e. The first-order valence-corrected chi connectivity index (χ1v) is 9.96. The van der Waals surface area contributed by atoms with Gasteiger partial charge in [-0.3, -0.25) is 4.79 Å². The van der Waals surface area contributed by atoms with Gasteiger partial charge < -0.3 is 4.74 Å². The lowest BCUT2D eigenvalue weighted by Crippen LogP contribution is -2.15. The first-order valence-electron chi connectivity index (χ1n) is 8.16. The molecule has 2 heterocycles. The van der Waals surface area contributed by atoms with E-state index in [9.17, 15) is 4.79 Å². The van der Waals surface area contributed by atoms with E-state index in [2.05, 4.69) is 16.9 Å². The topological polar surface area (TPSA) is 52.1 Å². The lowest BCUT2D eigenvalue weighted by molar-refractivity contribution is -0.144. The number of nitrogens with zero attached hydrogens (tertiary/aromatic N) is 2. The number of hydrogen-bond donors (Lipinski definition) is 0. The third kappa shape index (κ3) is 3.69. The molecule has 0 N–H and O–H groups in total. The fourth-order valence-electron chi connectivity index (χ4n) is 2.82. The molecule has 3 rings (SSSR count). The fourth-order valence-corrected chi connectivity index (χ4v) is 5.05. The van der Waals surface area contributed by atoms with Crippen molar-refractivity contribution in [1.82, 2.24) is 9.97 Å². The van der Waals surface area contributed by atoms with Gasteiger partial charge in [0.05, 0.1) is 11.9 Å². The van der Waals surface area contributed by atoms with Crippen molar-refractivity contribution in [2.24, 2.45) is 5.92 Å². The van der Waals surface area contributed by atoms with E-state index in [1.54, 1.807) is 17.7 Å². The van der Waals surface area contributed by atoms with Gasteiger partial charge in [0.25, 0.3) is 0 Å². The second-order valence-corrected chi connectivity index (χ2v) is 8.26. The molecule has 124 valence electrons. The maximum atomic E-state index is 11.9. The van der Waals surface area contributed by atoms with Crippen LogP contribution in [0, 0.1) is 5.92 Å². The van der Waals surface area contributed by atoms with Crippen molar-refractivity contribution in [3.05, 3.63) is 16.8 Å². The predicted molar refractivity (Wildman–Crippen MR) is 95.2 cm³/mol. The van der Waals surface area contributed by atoms with E-state index in [0.717, 1.165) is 35.0 Å². The van der Waals surface area contributed by atoms with Crippen LogP contribution in [-0.4, -0.2) is 27.8 Å². The molecule has 2 aromatic heterocycles. The molecule has 0 radical (unpaired) electrons. The van der Waals surface area contributed by atoms with E-state index in [-0.39, 0.29) is 12.1 Å². The zero-order chi connectivity index (χ0) is 16.4. The van der Waals surface area contributed by atoms with Gasteiger partial charge in [-0.05, 0) is 44.1 Å². The van der Waals surface area contributed by atoms with E-state index >= 15 is 0 Å². The van der Waals surface area contributed by atoms with Crippen LogP contribution in [0.3, 0.4) is 0 Å². The van der Waals surface area contributed by atoms with E-state index in [1.807, 2.05) is 13.8 Å². The summed E-state index contributed by atoms with van der Waals surface area (Å²) in [5.41, 5.74) is 1.40. The number of aryl methyl sites for hydroxylation is 1. The van der Waals surface area contributed by atoms with Gasteiger partial charge in [0.2, 0.25) is 0 Å². The van der Waals surface area contributed by atoms with Gasteiger partial charge in [-0.25, -0.2) is 9.97 Å². The van der Waals surface area contributed by atoms with Crippen LogP contribution in [0.5, 0.6) is 0 Å². The summed E-state index contributed by atoms with van der Waals surface area (Å²) in [5.74, 6) is 0.872. The molecule has 2 atom stereocenters. The van der Waals surface area contributed by atoms with Gasteiger partial charge in [-0.2, -0.15) is 0 Å². The fraction of sp³-hybridized carbons (Fsp3) is 0.588. The van der Waals surface area contributed by atoms with E-state index < -0.39 is 0 Å². The molecule has 1 aliphatic carbocycles. The SMILES string of the molecule is CC[C@@H](C)OC(=O)CSc1ncnc2sc3c(c12)CC[C@@H](C)C3. The number of esters is 1. The molecule has 0 aliphatic heterocycles. The molecule has 0 fully saturated rings. The highest BCUT2D eigenvalue weighted by Gasteiger charge is 2.23. The van der Waals surface area contributed by atoms with Crippen molar-refractivity contribution in [2.75, 3.05) is 5.75 Å². The zero-order valence-electron chi connectivity index (χ0n) is 13.8. The highest BCUT2D eigenvalue weighted by atomic mass is 32.2. The van der Waals surface area contributed by atoms with Gasteiger partial charge in [-0.15, -0.1) is 11.3 Å². The lowest BCUT2D eigenvalue weighted by atomic mass is 9.89. The molecule has 0 spiro atoms. The smallest absolute Gasteiger partial charge is 0.316 e. The Morgan fingerprint density at radius 3 is 3.13 bits per heavy atom. The number of aromatic nitrogens is 2. The Morgan fingerprint density at radius 1 is 1.52 bits per heavy atom. The average Bonchev–Trinajstić information content (AvgIpc) is 2.90. The van der Waals surface area contributed by atoms with Gasteiger partial charge in [0, 0.05) is 10.3 Å². The monoisotopic (exact) mass is 350 g/mol. The first kappa shape index (κ1) is 16.7. The molecular weight excluding hydrogens is 328 g/mol. The molecule has 2 aromatic rings. The van der Waals surface area contributed by atoms with Crippen molar-refractivity contribution < 1.29 is 9.53 Å². The van der Waals surface area contributed by atoms with Gasteiger partial charge in [-0.1, -0.05) is 25.6 Å². The number of fused-ring (bicyclic) bond motifs is 3. The number of thiophene rings is 1. The quantitative estimate of drug-likeness (QED) is 0.458. The predicted octanol–water partition coefficient (Wildman–Crippen LogP) is 4.25. The number of rotatable bonds is 5. The van der Waals surface area contributed by atoms with Gasteiger partial charge in [0.15, 0.2) is 0 Å². The normalized spacial score (nSPS) is 18.7. The van der Waals surface area contributed by atoms with Crippen LogP contribution in [0.25, 0.3) is 10.2 Å². The lowest BCUT2D eigenvalue weighted by Gasteiger charge is -2.18. The van der Waals surface area contributed by atoms with Crippen molar-refractivity contribution in [3.63, 3.8) is 0 Å². The van der Waals surface area contributed by atoms with Crippen LogP contribution in [0.4, 0.5) is 0 Å². The number of carbonyl (C=O) groups is 1. The molecule has 0 bridgehead atoms. The minimum absolute atomic E-state index is 0.0242. The number of carbonyl (C=O) groups excluding carboxylic acids is 1. The van der Waals surface area contributed by atoms with E-state index in [4.69, 9.17) is 4.74 Å². The van der Waals surface area contributed by atoms with Crippen molar-refractivity contribution in [1.29, 1.82) is 0 Å². The minimum Gasteiger partial charge on any atom is -0.462 e. The summed E-state index contributed by atoms with van der Waals surface area (Å²) in [5, 5.41) is 2.09. The van der Waals surface area contributed by atoms with Crippen LogP contribution >= 0.6 is 23.1 Å². The Bertz CT molecular complexity index is 714. The summed E-state index contributed by atoms with van der Waals surface area (Å²) in [7, 11) is 0. The summed E-state index contributed by atoms with van der Waals surface area (Å²) in [4.78, 5) is 23.3. The molecule has 0 unspecified atom stereocenters. The molecule has 23 heavy (non-hydrogen) atoms. The Morgan fingerprint density at radius 2 is 2.35 bits per heavy atom. The Balaban J connectivity index is 1.80. The standard InChI is InChI=1S/C17H22N2O2S2/c1-4-11(3)21-14(20)8-22-16-15-12-6-5-10(2)7-13(12)23-17(15)19-9-18-16/h9-11H,4-8H2,1-3H3/t10-,11-/m1/s1. The van der Waals surface area contributed by atoms with Gasteiger partial charge in [0.1, 0.15) is 16.2 Å². The number of thioether (sulfide) groups is 1. The summed E-state index contributed by atoms with van der Waals surface area (Å²) in [6.45, 7) is 6.24. The zero-order valence-corrected chi connectivity index (χ0v) is 15.4. The van der Waals surface area contributed by atoms with Crippen molar-refractivity contribution >= 4 is 39.3 Å². The van der Waals surface area contributed by atoms with E-state index in [0.29, 0.717) is 5.75 Å². The largest absolute Gasteiger partial charge is 0.462 e. The van der Waals surface area contributed by atoms with Crippen molar-refractivity contribution in [3.8, 4) is 0 Å². The highest BCUT2D eigenvalue weighted by molar-refractivity contribution is 8.00. The third-order valence-electron chi connectivity index (χ3n) is 4.29. The third-order valence-corrected chi connectivity index (χ3v) is 6.42. The Kier molecular flexibility index (Phi) is 5.21. The Hall–Kier alpha value is -1.14. The molecule has 0 saturated heterocycles. The van der Waals surface area contributed by atoms with Crippen LogP contribution in [-0.2, 0) is 22.4 Å². The summed E-state index contributed by atoms with van der Waals surface area (Å²) in [6.07, 6.45) is 5.86. The molecule has 6 heteroatoms. The molecule has 0 saturated carbocycles. The molecular formula is C17H22N2O2S2. The summed E-state index contributed by atoms with van der Waals surface area (Å²) >= 11 is 3.26. The van der Waals surface area contributed by atoms with Crippen LogP contribution in [0.1, 0.15) is 44.1 Å².